The van der Waals surface area contributed by atoms with Crippen LogP contribution < -0.4 is 11.5 Å². The molecule has 0 saturated heterocycles. The van der Waals surface area contributed by atoms with E-state index in [1.807, 2.05) is 30.3 Å². The lowest BCUT2D eigenvalue weighted by Crippen LogP contribution is -2.28. The standard InChI is InChI=1S/C14H23NO.C14H21N.FH/c1-4-9-14(16,10-11(2)3)12-7-5-6-8-13(12)15;1-4-6-10-9-14(2,3)11-7-5-8-12(15)13(10)11;/h5-8,11,16H,4,9-10,15H2,1-3H3;5,7-8,10H,4,6,9,15H2,1-3H3;1H. The fourth-order valence-electron chi connectivity index (χ4n) is 5.41. The zero-order valence-electron chi connectivity index (χ0n) is 20.9. The molecule has 4 heteroatoms. The van der Waals surface area contributed by atoms with E-state index in [0.29, 0.717) is 22.9 Å². The lowest BCUT2D eigenvalue weighted by Gasteiger charge is -2.31. The van der Waals surface area contributed by atoms with Crippen LogP contribution in [0.1, 0.15) is 103 Å². The number of halogens is 1. The maximum absolute atomic E-state index is 10.8. The normalized spacial score (nSPS) is 18.2. The van der Waals surface area contributed by atoms with E-state index in [0.717, 1.165) is 30.5 Å². The van der Waals surface area contributed by atoms with Crippen LogP contribution in [0.4, 0.5) is 16.1 Å². The molecule has 3 nitrogen and oxygen atoms in total. The zero-order valence-corrected chi connectivity index (χ0v) is 20.9. The van der Waals surface area contributed by atoms with Gasteiger partial charge in [-0.15, -0.1) is 0 Å². The first-order chi connectivity index (χ1) is 14.6. The predicted octanol–water partition coefficient (Wildman–Crippen LogP) is 7.29. The molecule has 32 heavy (non-hydrogen) atoms. The molecule has 0 heterocycles. The molecule has 1 aliphatic carbocycles. The topological polar surface area (TPSA) is 72.3 Å². The van der Waals surface area contributed by atoms with Gasteiger partial charge in [-0.05, 0) is 66.2 Å². The highest BCUT2D eigenvalue weighted by Gasteiger charge is 2.37. The van der Waals surface area contributed by atoms with Gasteiger partial charge in [-0.25, -0.2) is 0 Å². The number of benzene rings is 2. The largest absolute Gasteiger partial charge is 0.398 e. The lowest BCUT2D eigenvalue weighted by molar-refractivity contribution is 0.00668. The number of para-hydroxylation sites is 1. The van der Waals surface area contributed by atoms with Gasteiger partial charge in [0.2, 0.25) is 0 Å². The molecule has 0 amide bonds. The average Bonchev–Trinajstić information content (AvgIpc) is 2.94. The summed E-state index contributed by atoms with van der Waals surface area (Å²) in [6.07, 6.45) is 6.25. The van der Waals surface area contributed by atoms with Crippen LogP contribution in [-0.4, -0.2) is 5.11 Å². The van der Waals surface area contributed by atoms with Crippen LogP contribution in [0.3, 0.4) is 0 Å². The molecule has 2 unspecified atom stereocenters. The maximum atomic E-state index is 10.8. The van der Waals surface area contributed by atoms with E-state index in [9.17, 15) is 5.11 Å². The third-order valence-corrected chi connectivity index (χ3v) is 6.54. The Balaban J connectivity index is 0.000000311. The summed E-state index contributed by atoms with van der Waals surface area (Å²) in [7, 11) is 0. The fraction of sp³-hybridized carbons (Fsp3) is 0.571. The SMILES string of the molecule is CCCC(O)(CC(C)C)c1ccccc1N.CCCC1CC(C)(C)c2cccc(N)c21.F. The van der Waals surface area contributed by atoms with Crippen molar-refractivity contribution in [1.29, 1.82) is 0 Å². The van der Waals surface area contributed by atoms with E-state index in [2.05, 4.69) is 53.7 Å². The number of nitrogens with two attached hydrogens (primary N) is 2. The Bertz CT molecular complexity index is 849. The Morgan fingerprint density at radius 2 is 1.62 bits per heavy atom. The molecule has 2 aromatic carbocycles. The Hall–Kier alpha value is -2.07. The van der Waals surface area contributed by atoms with E-state index in [1.54, 1.807) is 0 Å². The van der Waals surface area contributed by atoms with Crippen molar-refractivity contribution in [3.63, 3.8) is 0 Å². The van der Waals surface area contributed by atoms with Crippen molar-refractivity contribution in [2.45, 2.75) is 97.0 Å². The summed E-state index contributed by atoms with van der Waals surface area (Å²) in [5.74, 6) is 1.14. The zero-order chi connectivity index (χ0) is 23.2. The van der Waals surface area contributed by atoms with E-state index in [-0.39, 0.29) is 4.70 Å². The number of nitrogen functional groups attached to an aromatic ring is 2. The molecular formula is C28H45FN2O. The monoisotopic (exact) mass is 444 g/mol. The van der Waals surface area contributed by atoms with Crippen molar-refractivity contribution in [1.82, 2.24) is 0 Å². The Morgan fingerprint density at radius 3 is 2.19 bits per heavy atom. The molecule has 180 valence electrons. The number of anilines is 2. The quantitative estimate of drug-likeness (QED) is 0.393. The van der Waals surface area contributed by atoms with Gasteiger partial charge in [-0.1, -0.05) is 84.7 Å². The van der Waals surface area contributed by atoms with Crippen LogP contribution in [-0.2, 0) is 11.0 Å². The van der Waals surface area contributed by atoms with Crippen LogP contribution >= 0.6 is 0 Å². The molecule has 2 aromatic rings. The molecule has 0 aliphatic heterocycles. The minimum absolute atomic E-state index is 0. The molecule has 2 atom stereocenters. The van der Waals surface area contributed by atoms with Gasteiger partial charge in [0.1, 0.15) is 0 Å². The van der Waals surface area contributed by atoms with Gasteiger partial charge < -0.3 is 16.6 Å². The molecule has 0 fully saturated rings. The minimum Gasteiger partial charge on any atom is -0.398 e. The molecule has 3 rings (SSSR count). The Labute approximate surface area is 195 Å². The van der Waals surface area contributed by atoms with Gasteiger partial charge in [-0.3, -0.25) is 4.70 Å². The highest BCUT2D eigenvalue weighted by atomic mass is 19.0. The van der Waals surface area contributed by atoms with Gasteiger partial charge in [-0.2, -0.15) is 0 Å². The first-order valence-corrected chi connectivity index (χ1v) is 12.0. The fourth-order valence-corrected chi connectivity index (χ4v) is 5.41. The lowest BCUT2D eigenvalue weighted by atomic mass is 9.81. The maximum Gasteiger partial charge on any atom is 0.0918 e. The Kier molecular flexibility index (Phi) is 10.2. The third-order valence-electron chi connectivity index (χ3n) is 6.54. The summed E-state index contributed by atoms with van der Waals surface area (Å²) in [6.45, 7) is 13.3. The van der Waals surface area contributed by atoms with E-state index in [4.69, 9.17) is 11.5 Å². The van der Waals surface area contributed by atoms with Crippen LogP contribution in [0, 0.1) is 5.92 Å². The van der Waals surface area contributed by atoms with Crippen molar-refractivity contribution < 1.29 is 9.81 Å². The molecule has 5 N–H and O–H groups in total. The van der Waals surface area contributed by atoms with E-state index < -0.39 is 5.60 Å². The number of fused-ring (bicyclic) bond motifs is 1. The molecule has 0 radical (unpaired) electrons. The van der Waals surface area contributed by atoms with Gasteiger partial charge in [0, 0.05) is 16.9 Å². The molecule has 1 aliphatic rings. The van der Waals surface area contributed by atoms with Gasteiger partial charge in [0.25, 0.3) is 0 Å². The number of rotatable bonds is 7. The summed E-state index contributed by atoms with van der Waals surface area (Å²) >= 11 is 0. The first kappa shape index (κ1) is 28.0. The van der Waals surface area contributed by atoms with Crippen molar-refractivity contribution in [2.75, 3.05) is 11.5 Å². The molecule has 0 aromatic heterocycles. The minimum atomic E-state index is -0.770. The van der Waals surface area contributed by atoms with Crippen LogP contribution in [0.15, 0.2) is 42.5 Å². The second-order valence-corrected chi connectivity index (χ2v) is 10.3. The number of hydrogen-bond acceptors (Lipinski definition) is 3. The van der Waals surface area contributed by atoms with E-state index in [1.165, 1.54) is 30.4 Å². The van der Waals surface area contributed by atoms with Gasteiger partial charge in [0.05, 0.1) is 5.60 Å². The second-order valence-electron chi connectivity index (χ2n) is 10.3. The predicted molar refractivity (Wildman–Crippen MR) is 138 cm³/mol. The Morgan fingerprint density at radius 1 is 1.00 bits per heavy atom. The van der Waals surface area contributed by atoms with Crippen LogP contribution in [0.25, 0.3) is 0 Å². The van der Waals surface area contributed by atoms with Crippen molar-refractivity contribution in [3.05, 3.63) is 59.2 Å². The highest BCUT2D eigenvalue weighted by molar-refractivity contribution is 5.58. The van der Waals surface area contributed by atoms with Gasteiger partial charge in [0.15, 0.2) is 0 Å². The van der Waals surface area contributed by atoms with Crippen molar-refractivity contribution in [2.24, 2.45) is 5.92 Å². The van der Waals surface area contributed by atoms with E-state index >= 15 is 0 Å². The van der Waals surface area contributed by atoms with Gasteiger partial charge >= 0.3 is 0 Å². The number of aliphatic hydroxyl groups is 1. The van der Waals surface area contributed by atoms with Crippen molar-refractivity contribution in [3.8, 4) is 0 Å². The summed E-state index contributed by atoms with van der Waals surface area (Å²) in [5, 5.41) is 10.8. The molecule has 0 bridgehead atoms. The van der Waals surface area contributed by atoms with Crippen molar-refractivity contribution >= 4 is 11.4 Å². The molecule has 0 saturated carbocycles. The number of hydrogen-bond donors (Lipinski definition) is 3. The highest BCUT2D eigenvalue weighted by Crippen LogP contribution is 2.49. The smallest absolute Gasteiger partial charge is 0.0918 e. The first-order valence-electron chi connectivity index (χ1n) is 12.0. The summed E-state index contributed by atoms with van der Waals surface area (Å²) in [4.78, 5) is 0. The summed E-state index contributed by atoms with van der Waals surface area (Å²) < 4.78 is 0. The van der Waals surface area contributed by atoms with Crippen LogP contribution in [0.2, 0.25) is 0 Å². The summed E-state index contributed by atoms with van der Waals surface area (Å²) in [6, 6.07) is 14.0. The molecule has 0 spiro atoms. The molecular weight excluding hydrogens is 399 g/mol. The second kappa shape index (κ2) is 11.7. The summed E-state index contributed by atoms with van der Waals surface area (Å²) in [5.41, 5.74) is 17.1. The van der Waals surface area contributed by atoms with Crippen LogP contribution in [0.5, 0.6) is 0 Å². The average molecular weight is 445 g/mol. The third kappa shape index (κ3) is 6.48.